The van der Waals surface area contributed by atoms with Crippen LogP contribution in [0.3, 0.4) is 0 Å². The van der Waals surface area contributed by atoms with E-state index in [0.717, 1.165) is 18.7 Å². The summed E-state index contributed by atoms with van der Waals surface area (Å²) in [6, 6.07) is 8.96. The summed E-state index contributed by atoms with van der Waals surface area (Å²) in [6.45, 7) is 5.59. The van der Waals surface area contributed by atoms with Crippen LogP contribution in [0, 0.1) is 0 Å². The molecule has 0 radical (unpaired) electrons. The summed E-state index contributed by atoms with van der Waals surface area (Å²) in [4.78, 5) is 0. The Morgan fingerprint density at radius 3 is 2.79 bits per heavy atom. The highest BCUT2D eigenvalue weighted by Gasteiger charge is 2.01. The fourth-order valence-electron chi connectivity index (χ4n) is 2.27. The minimum Gasteiger partial charge on any atom is -0.497 e. The molecule has 1 N–H and O–H groups in total. The number of ether oxygens (including phenoxy) is 1. The molecule has 0 aliphatic carbocycles. The third-order valence-electron chi connectivity index (χ3n) is 3.53. The van der Waals surface area contributed by atoms with Gasteiger partial charge in [0.15, 0.2) is 0 Å². The van der Waals surface area contributed by atoms with Crippen molar-refractivity contribution in [3.05, 3.63) is 29.8 Å². The maximum absolute atomic E-state index is 5.24. The molecular formula is C17H29NO. The van der Waals surface area contributed by atoms with Gasteiger partial charge in [-0.2, -0.15) is 0 Å². The van der Waals surface area contributed by atoms with Crippen molar-refractivity contribution < 1.29 is 4.74 Å². The van der Waals surface area contributed by atoms with E-state index < -0.39 is 0 Å². The van der Waals surface area contributed by atoms with Crippen LogP contribution in [-0.2, 0) is 6.42 Å². The maximum atomic E-state index is 5.24. The van der Waals surface area contributed by atoms with E-state index in [1.807, 2.05) is 6.07 Å². The second kappa shape index (κ2) is 9.85. The SMILES string of the molecule is CCCCCCC(C)NCCc1cccc(OC)c1. The molecule has 0 fully saturated rings. The average molecular weight is 263 g/mol. The summed E-state index contributed by atoms with van der Waals surface area (Å²) in [5, 5.41) is 3.60. The maximum Gasteiger partial charge on any atom is 0.119 e. The van der Waals surface area contributed by atoms with Gasteiger partial charge in [0.2, 0.25) is 0 Å². The van der Waals surface area contributed by atoms with Crippen LogP contribution < -0.4 is 10.1 Å². The molecule has 2 nitrogen and oxygen atoms in total. The second-order valence-electron chi connectivity index (χ2n) is 5.31. The average Bonchev–Trinajstić information content (AvgIpc) is 2.44. The molecule has 19 heavy (non-hydrogen) atoms. The van der Waals surface area contributed by atoms with E-state index >= 15 is 0 Å². The smallest absolute Gasteiger partial charge is 0.119 e. The topological polar surface area (TPSA) is 21.3 Å². The zero-order valence-corrected chi connectivity index (χ0v) is 12.7. The predicted molar refractivity (Wildman–Crippen MR) is 82.9 cm³/mol. The summed E-state index contributed by atoms with van der Waals surface area (Å²) in [7, 11) is 1.72. The Balaban J connectivity index is 2.15. The minimum atomic E-state index is 0.627. The highest BCUT2D eigenvalue weighted by molar-refractivity contribution is 5.28. The van der Waals surface area contributed by atoms with Gasteiger partial charge in [-0.05, 0) is 44.0 Å². The van der Waals surface area contributed by atoms with Crippen LogP contribution in [0.15, 0.2) is 24.3 Å². The fraction of sp³-hybridized carbons (Fsp3) is 0.647. The first-order valence-corrected chi connectivity index (χ1v) is 7.62. The van der Waals surface area contributed by atoms with Crippen LogP contribution in [0.25, 0.3) is 0 Å². The van der Waals surface area contributed by atoms with E-state index in [2.05, 4.69) is 37.4 Å². The Morgan fingerprint density at radius 1 is 1.21 bits per heavy atom. The Morgan fingerprint density at radius 2 is 2.05 bits per heavy atom. The molecule has 1 atom stereocenters. The molecule has 0 aromatic heterocycles. The Hall–Kier alpha value is -1.02. The zero-order valence-electron chi connectivity index (χ0n) is 12.7. The van der Waals surface area contributed by atoms with Gasteiger partial charge >= 0.3 is 0 Å². The molecule has 0 saturated carbocycles. The lowest BCUT2D eigenvalue weighted by Crippen LogP contribution is -2.28. The van der Waals surface area contributed by atoms with Crippen molar-refractivity contribution in [1.29, 1.82) is 0 Å². The van der Waals surface area contributed by atoms with Crippen molar-refractivity contribution in [3.8, 4) is 5.75 Å². The van der Waals surface area contributed by atoms with E-state index in [1.165, 1.54) is 37.7 Å². The van der Waals surface area contributed by atoms with Crippen LogP contribution in [0.1, 0.15) is 51.5 Å². The summed E-state index contributed by atoms with van der Waals surface area (Å²) >= 11 is 0. The van der Waals surface area contributed by atoms with Crippen LogP contribution in [-0.4, -0.2) is 19.7 Å². The Kier molecular flexibility index (Phi) is 8.31. The van der Waals surface area contributed by atoms with Crippen LogP contribution in [0.5, 0.6) is 5.75 Å². The molecule has 0 heterocycles. The summed E-state index contributed by atoms with van der Waals surface area (Å²) < 4.78 is 5.24. The van der Waals surface area contributed by atoms with Crippen LogP contribution >= 0.6 is 0 Å². The van der Waals surface area contributed by atoms with E-state index in [4.69, 9.17) is 4.74 Å². The van der Waals surface area contributed by atoms with Gasteiger partial charge in [0.05, 0.1) is 7.11 Å². The highest BCUT2D eigenvalue weighted by Crippen LogP contribution is 2.12. The molecule has 2 heteroatoms. The van der Waals surface area contributed by atoms with Gasteiger partial charge in [-0.15, -0.1) is 0 Å². The predicted octanol–water partition coefficient (Wildman–Crippen LogP) is 4.19. The van der Waals surface area contributed by atoms with E-state index in [1.54, 1.807) is 7.11 Å². The molecule has 0 amide bonds. The lowest BCUT2D eigenvalue weighted by molar-refractivity contribution is 0.414. The van der Waals surface area contributed by atoms with Crippen molar-refractivity contribution in [1.82, 2.24) is 5.32 Å². The number of nitrogens with one attached hydrogen (secondary N) is 1. The number of hydrogen-bond acceptors (Lipinski definition) is 2. The van der Waals surface area contributed by atoms with Crippen molar-refractivity contribution in [2.45, 2.75) is 58.4 Å². The largest absolute Gasteiger partial charge is 0.497 e. The van der Waals surface area contributed by atoms with Crippen molar-refractivity contribution in [3.63, 3.8) is 0 Å². The Bertz CT molecular complexity index is 338. The van der Waals surface area contributed by atoms with Gasteiger partial charge in [-0.25, -0.2) is 0 Å². The lowest BCUT2D eigenvalue weighted by Gasteiger charge is -2.13. The van der Waals surface area contributed by atoms with Gasteiger partial charge in [0.1, 0.15) is 5.75 Å². The molecule has 0 bridgehead atoms. The van der Waals surface area contributed by atoms with Gasteiger partial charge in [-0.1, -0.05) is 44.7 Å². The lowest BCUT2D eigenvalue weighted by atomic mass is 10.1. The number of methoxy groups -OCH3 is 1. The third kappa shape index (κ3) is 7.22. The molecule has 1 aromatic carbocycles. The quantitative estimate of drug-likeness (QED) is 0.639. The highest BCUT2D eigenvalue weighted by atomic mass is 16.5. The summed E-state index contributed by atoms with van der Waals surface area (Å²) in [6.07, 6.45) is 7.77. The van der Waals surface area contributed by atoms with Crippen molar-refractivity contribution >= 4 is 0 Å². The molecular weight excluding hydrogens is 234 g/mol. The van der Waals surface area contributed by atoms with E-state index in [0.29, 0.717) is 6.04 Å². The number of benzene rings is 1. The van der Waals surface area contributed by atoms with Crippen LogP contribution in [0.2, 0.25) is 0 Å². The first kappa shape index (κ1) is 16.0. The molecule has 1 rings (SSSR count). The molecule has 0 spiro atoms. The monoisotopic (exact) mass is 263 g/mol. The Labute approximate surface area is 118 Å². The van der Waals surface area contributed by atoms with Crippen LogP contribution in [0.4, 0.5) is 0 Å². The normalized spacial score (nSPS) is 12.4. The third-order valence-corrected chi connectivity index (χ3v) is 3.53. The molecule has 1 unspecified atom stereocenters. The van der Waals surface area contributed by atoms with Gasteiger partial charge in [0, 0.05) is 6.04 Å². The van der Waals surface area contributed by atoms with E-state index in [9.17, 15) is 0 Å². The van der Waals surface area contributed by atoms with Gasteiger partial charge in [0.25, 0.3) is 0 Å². The molecule has 0 saturated heterocycles. The van der Waals surface area contributed by atoms with Crippen molar-refractivity contribution in [2.75, 3.05) is 13.7 Å². The van der Waals surface area contributed by atoms with Gasteiger partial charge in [-0.3, -0.25) is 0 Å². The molecule has 108 valence electrons. The molecule has 0 aliphatic rings. The summed E-state index contributed by atoms with van der Waals surface area (Å²) in [5.74, 6) is 0.949. The molecule has 0 aliphatic heterocycles. The zero-order chi connectivity index (χ0) is 13.9. The second-order valence-corrected chi connectivity index (χ2v) is 5.31. The minimum absolute atomic E-state index is 0.627. The van der Waals surface area contributed by atoms with Crippen molar-refractivity contribution in [2.24, 2.45) is 0 Å². The number of rotatable bonds is 10. The number of hydrogen-bond donors (Lipinski definition) is 1. The van der Waals surface area contributed by atoms with E-state index in [-0.39, 0.29) is 0 Å². The first-order chi connectivity index (χ1) is 9.26. The number of unbranched alkanes of at least 4 members (excludes halogenated alkanes) is 3. The first-order valence-electron chi connectivity index (χ1n) is 7.62. The standard InChI is InChI=1S/C17H29NO/c1-4-5-6-7-9-15(2)18-13-12-16-10-8-11-17(14-16)19-3/h8,10-11,14-15,18H,4-7,9,12-13H2,1-3H3. The molecule has 1 aromatic rings. The van der Waals surface area contributed by atoms with Gasteiger partial charge < -0.3 is 10.1 Å². The fourth-order valence-corrected chi connectivity index (χ4v) is 2.27. The summed E-state index contributed by atoms with van der Waals surface area (Å²) in [5.41, 5.74) is 1.34.